The predicted molar refractivity (Wildman–Crippen MR) is 101 cm³/mol. The number of anilines is 1. The standard InChI is InChI=1S/C19H27N5/c1-16-15-17-7-3-4-8-18(17)24(16)14-10-22-19(20-2)21-9-13-23-11-5-6-12-23/h3-8,11-12,16H,9-10,13-15H2,1-2H3,(H2,20,21,22). The van der Waals surface area contributed by atoms with E-state index in [9.17, 15) is 0 Å². The van der Waals surface area contributed by atoms with Gasteiger partial charge in [0.1, 0.15) is 0 Å². The molecule has 0 amide bonds. The maximum absolute atomic E-state index is 4.30. The van der Waals surface area contributed by atoms with Gasteiger partial charge in [-0.2, -0.15) is 0 Å². The summed E-state index contributed by atoms with van der Waals surface area (Å²) in [6, 6.07) is 13.4. The van der Waals surface area contributed by atoms with E-state index >= 15 is 0 Å². The van der Waals surface area contributed by atoms with E-state index in [-0.39, 0.29) is 0 Å². The lowest BCUT2D eigenvalue weighted by atomic mass is 10.1. The fourth-order valence-electron chi connectivity index (χ4n) is 3.31. The summed E-state index contributed by atoms with van der Waals surface area (Å²) < 4.78 is 2.16. The van der Waals surface area contributed by atoms with Gasteiger partial charge in [0.15, 0.2) is 5.96 Å². The molecule has 128 valence electrons. The first-order valence-electron chi connectivity index (χ1n) is 8.68. The van der Waals surface area contributed by atoms with Crippen molar-refractivity contribution < 1.29 is 0 Å². The molecular formula is C19H27N5. The van der Waals surface area contributed by atoms with E-state index in [2.05, 4.69) is 68.7 Å². The lowest BCUT2D eigenvalue weighted by Crippen LogP contribution is -2.43. The Balaban J connectivity index is 1.43. The summed E-state index contributed by atoms with van der Waals surface area (Å²) in [7, 11) is 1.82. The second kappa shape index (κ2) is 7.90. The van der Waals surface area contributed by atoms with Crippen molar-refractivity contribution in [1.82, 2.24) is 15.2 Å². The number of guanidine groups is 1. The minimum Gasteiger partial charge on any atom is -0.367 e. The number of hydrogen-bond donors (Lipinski definition) is 2. The van der Waals surface area contributed by atoms with Crippen LogP contribution in [0.5, 0.6) is 0 Å². The molecule has 0 spiro atoms. The molecule has 1 aliphatic heterocycles. The first-order chi connectivity index (χ1) is 11.8. The summed E-state index contributed by atoms with van der Waals surface area (Å²) in [5.74, 6) is 0.863. The number of fused-ring (bicyclic) bond motifs is 1. The quantitative estimate of drug-likeness (QED) is 0.631. The van der Waals surface area contributed by atoms with Crippen LogP contribution >= 0.6 is 0 Å². The number of aromatic nitrogens is 1. The van der Waals surface area contributed by atoms with E-state index in [1.807, 2.05) is 19.2 Å². The van der Waals surface area contributed by atoms with Crippen molar-refractivity contribution in [1.29, 1.82) is 0 Å². The van der Waals surface area contributed by atoms with E-state index in [1.54, 1.807) is 0 Å². The Labute approximate surface area is 144 Å². The second-order valence-corrected chi connectivity index (χ2v) is 6.22. The first-order valence-corrected chi connectivity index (χ1v) is 8.68. The summed E-state index contributed by atoms with van der Waals surface area (Å²) in [5.41, 5.74) is 2.83. The van der Waals surface area contributed by atoms with E-state index in [0.29, 0.717) is 6.04 Å². The SMILES string of the molecule is CN=C(NCCN1c2ccccc2CC1C)NCCn1cccc1. The highest BCUT2D eigenvalue weighted by atomic mass is 15.2. The largest absolute Gasteiger partial charge is 0.367 e. The number of para-hydroxylation sites is 1. The average molecular weight is 325 g/mol. The molecule has 3 rings (SSSR count). The molecule has 5 nitrogen and oxygen atoms in total. The first kappa shape index (κ1) is 16.4. The number of benzene rings is 1. The molecule has 24 heavy (non-hydrogen) atoms. The maximum atomic E-state index is 4.30. The van der Waals surface area contributed by atoms with Gasteiger partial charge in [0.05, 0.1) is 0 Å². The molecular weight excluding hydrogens is 298 g/mol. The zero-order valence-corrected chi connectivity index (χ0v) is 14.6. The lowest BCUT2D eigenvalue weighted by molar-refractivity contribution is 0.644. The number of aliphatic imine (C=N–C) groups is 1. The number of hydrogen-bond acceptors (Lipinski definition) is 2. The van der Waals surface area contributed by atoms with Crippen LogP contribution in [-0.4, -0.2) is 43.3 Å². The van der Waals surface area contributed by atoms with Crippen LogP contribution in [0.2, 0.25) is 0 Å². The normalized spacial score (nSPS) is 17.0. The molecule has 1 aromatic carbocycles. The molecule has 1 aliphatic rings. The van der Waals surface area contributed by atoms with Gasteiger partial charge in [0.2, 0.25) is 0 Å². The Morgan fingerprint density at radius 3 is 2.54 bits per heavy atom. The van der Waals surface area contributed by atoms with Gasteiger partial charge in [-0.25, -0.2) is 0 Å². The Morgan fingerprint density at radius 1 is 1.08 bits per heavy atom. The van der Waals surface area contributed by atoms with Crippen molar-refractivity contribution in [3.05, 3.63) is 54.4 Å². The van der Waals surface area contributed by atoms with Crippen LogP contribution in [-0.2, 0) is 13.0 Å². The summed E-state index contributed by atoms with van der Waals surface area (Å²) in [6.45, 7) is 5.95. The highest BCUT2D eigenvalue weighted by Crippen LogP contribution is 2.31. The van der Waals surface area contributed by atoms with Crippen molar-refractivity contribution in [2.45, 2.75) is 25.9 Å². The van der Waals surface area contributed by atoms with Crippen LogP contribution in [0.15, 0.2) is 53.8 Å². The number of rotatable bonds is 6. The monoisotopic (exact) mass is 325 g/mol. The molecule has 1 atom stereocenters. The topological polar surface area (TPSA) is 44.6 Å². The lowest BCUT2D eigenvalue weighted by Gasteiger charge is -2.25. The molecule has 0 aliphatic carbocycles. The van der Waals surface area contributed by atoms with Crippen LogP contribution in [0.1, 0.15) is 12.5 Å². The van der Waals surface area contributed by atoms with Crippen molar-refractivity contribution in [3.8, 4) is 0 Å². The molecule has 1 unspecified atom stereocenters. The van der Waals surface area contributed by atoms with E-state index in [1.165, 1.54) is 11.3 Å². The van der Waals surface area contributed by atoms with Gasteiger partial charge >= 0.3 is 0 Å². The molecule has 0 bridgehead atoms. The third-order valence-electron chi connectivity index (χ3n) is 4.55. The Morgan fingerprint density at radius 2 is 1.79 bits per heavy atom. The van der Waals surface area contributed by atoms with Gasteiger partial charge in [-0.3, -0.25) is 4.99 Å². The van der Waals surface area contributed by atoms with Crippen molar-refractivity contribution >= 4 is 11.6 Å². The number of nitrogens with zero attached hydrogens (tertiary/aromatic N) is 3. The van der Waals surface area contributed by atoms with Gasteiger partial charge < -0.3 is 20.1 Å². The molecule has 0 radical (unpaired) electrons. The van der Waals surface area contributed by atoms with Crippen LogP contribution in [0.25, 0.3) is 0 Å². The van der Waals surface area contributed by atoms with Gasteiger partial charge in [0.25, 0.3) is 0 Å². The van der Waals surface area contributed by atoms with Crippen LogP contribution in [0, 0.1) is 0 Å². The molecule has 2 aromatic rings. The zero-order chi connectivity index (χ0) is 16.8. The minimum atomic E-state index is 0.563. The third-order valence-corrected chi connectivity index (χ3v) is 4.55. The molecule has 0 saturated heterocycles. The van der Waals surface area contributed by atoms with E-state index < -0.39 is 0 Å². The van der Waals surface area contributed by atoms with Crippen LogP contribution < -0.4 is 15.5 Å². The van der Waals surface area contributed by atoms with Gasteiger partial charge in [-0.05, 0) is 37.1 Å². The molecule has 0 saturated carbocycles. The highest BCUT2D eigenvalue weighted by molar-refractivity contribution is 5.79. The maximum Gasteiger partial charge on any atom is 0.191 e. The number of nitrogens with one attached hydrogen (secondary N) is 2. The molecule has 1 aromatic heterocycles. The van der Waals surface area contributed by atoms with Crippen molar-refractivity contribution in [2.24, 2.45) is 4.99 Å². The molecule has 2 N–H and O–H groups in total. The average Bonchev–Trinajstić information content (AvgIpc) is 3.21. The highest BCUT2D eigenvalue weighted by Gasteiger charge is 2.24. The van der Waals surface area contributed by atoms with Crippen molar-refractivity contribution in [2.75, 3.05) is 31.6 Å². The fourth-order valence-corrected chi connectivity index (χ4v) is 3.31. The summed E-state index contributed by atoms with van der Waals surface area (Å²) in [6.07, 6.45) is 5.29. The van der Waals surface area contributed by atoms with Gasteiger partial charge in [-0.1, -0.05) is 18.2 Å². The minimum absolute atomic E-state index is 0.563. The summed E-state index contributed by atoms with van der Waals surface area (Å²) in [5, 5.41) is 6.78. The van der Waals surface area contributed by atoms with Gasteiger partial charge in [-0.15, -0.1) is 0 Å². The molecule has 5 heteroatoms. The van der Waals surface area contributed by atoms with Gasteiger partial charge in [0, 0.05) is 57.3 Å². The third kappa shape index (κ3) is 3.91. The van der Waals surface area contributed by atoms with Crippen LogP contribution in [0.4, 0.5) is 5.69 Å². The molecule has 0 fully saturated rings. The molecule has 2 heterocycles. The van der Waals surface area contributed by atoms with Crippen LogP contribution in [0.3, 0.4) is 0 Å². The van der Waals surface area contributed by atoms with E-state index in [4.69, 9.17) is 0 Å². The zero-order valence-electron chi connectivity index (χ0n) is 14.6. The second-order valence-electron chi connectivity index (χ2n) is 6.22. The Hall–Kier alpha value is -2.43. The summed E-state index contributed by atoms with van der Waals surface area (Å²) >= 11 is 0. The van der Waals surface area contributed by atoms with E-state index in [0.717, 1.165) is 38.6 Å². The predicted octanol–water partition coefficient (Wildman–Crippen LogP) is 2.10. The Bertz CT molecular complexity index is 662. The van der Waals surface area contributed by atoms with Crippen molar-refractivity contribution in [3.63, 3.8) is 0 Å². The fraction of sp³-hybridized carbons (Fsp3) is 0.421. The summed E-state index contributed by atoms with van der Waals surface area (Å²) in [4.78, 5) is 6.78. The smallest absolute Gasteiger partial charge is 0.191 e. The Kier molecular flexibility index (Phi) is 5.41.